The molecule has 2 radical (unpaired) electrons. The van der Waals surface area contributed by atoms with Crippen LogP contribution in [-0.2, 0) is 0 Å². The van der Waals surface area contributed by atoms with E-state index in [2.05, 4.69) is 32.9 Å². The lowest BCUT2D eigenvalue weighted by atomic mass is 10.0. The number of unbranched alkanes of at least 4 members (excludes halogenated alkanes) is 11. The topological polar surface area (TPSA) is 0 Å². The van der Waals surface area contributed by atoms with Crippen LogP contribution in [0.2, 0.25) is 0 Å². The Balaban J connectivity index is 3.12. The Morgan fingerprint density at radius 1 is 0.700 bits per heavy atom. The molecule has 0 aliphatic carbocycles. The zero-order chi connectivity index (χ0) is 14.9. The quantitative estimate of drug-likeness (QED) is 0.217. The van der Waals surface area contributed by atoms with Gasteiger partial charge in [0.2, 0.25) is 0 Å². The maximum atomic E-state index is 3.89. The van der Waals surface area contributed by atoms with Crippen LogP contribution in [0.5, 0.6) is 0 Å². The van der Waals surface area contributed by atoms with Gasteiger partial charge in [0.25, 0.3) is 0 Å². The molecule has 0 aromatic carbocycles. The van der Waals surface area contributed by atoms with Gasteiger partial charge in [0.1, 0.15) is 0 Å². The van der Waals surface area contributed by atoms with Crippen molar-refractivity contribution in [2.45, 2.75) is 96.8 Å². The summed E-state index contributed by atoms with van der Waals surface area (Å²) in [6, 6.07) is 0. The molecular weight excluding hydrogens is 240 g/mol. The molecule has 20 heavy (non-hydrogen) atoms. The van der Waals surface area contributed by atoms with Gasteiger partial charge in [0, 0.05) is 0 Å². The van der Waals surface area contributed by atoms with Crippen LogP contribution < -0.4 is 0 Å². The third-order valence-corrected chi connectivity index (χ3v) is 3.99. The Kier molecular flexibility index (Phi) is 16.6. The second-order valence-electron chi connectivity index (χ2n) is 6.23. The first-order valence-corrected chi connectivity index (χ1v) is 9.06. The van der Waals surface area contributed by atoms with Crippen molar-refractivity contribution in [3.63, 3.8) is 0 Å². The van der Waals surface area contributed by atoms with E-state index in [0.29, 0.717) is 0 Å². The highest BCUT2D eigenvalue weighted by molar-refractivity contribution is 4.86. The maximum Gasteiger partial charge on any atom is -0.0262 e. The molecule has 1 atom stereocenters. The van der Waals surface area contributed by atoms with Gasteiger partial charge in [-0.25, -0.2) is 0 Å². The van der Waals surface area contributed by atoms with E-state index >= 15 is 0 Å². The summed E-state index contributed by atoms with van der Waals surface area (Å²) in [6.07, 6.45) is 23.5. The highest BCUT2D eigenvalue weighted by Crippen LogP contribution is 2.14. The summed E-state index contributed by atoms with van der Waals surface area (Å²) in [5.41, 5.74) is 0. The van der Waals surface area contributed by atoms with Crippen LogP contribution in [0.4, 0.5) is 0 Å². The molecule has 0 aromatic rings. The van der Waals surface area contributed by atoms with E-state index in [-0.39, 0.29) is 0 Å². The minimum atomic E-state index is 0.759. The third-order valence-electron chi connectivity index (χ3n) is 3.99. The predicted molar refractivity (Wildman–Crippen MR) is 93.7 cm³/mol. The zero-order valence-electron chi connectivity index (χ0n) is 14.0. The molecular formula is C20H38. The molecule has 0 spiro atoms. The highest BCUT2D eigenvalue weighted by Gasteiger charge is 1.97. The van der Waals surface area contributed by atoms with E-state index < -0.39 is 0 Å². The molecule has 0 nitrogen and oxygen atoms in total. The van der Waals surface area contributed by atoms with Crippen LogP contribution in [0.25, 0.3) is 0 Å². The molecule has 0 N–H and O–H groups in total. The predicted octanol–water partition coefficient (Wildman–Crippen LogP) is 7.31. The van der Waals surface area contributed by atoms with E-state index in [9.17, 15) is 0 Å². The van der Waals surface area contributed by atoms with E-state index in [1.54, 1.807) is 0 Å². The molecule has 0 saturated heterocycles. The number of allylic oxidation sites excluding steroid dienone is 2. The lowest BCUT2D eigenvalue weighted by Gasteiger charge is -2.06. The van der Waals surface area contributed by atoms with Crippen LogP contribution in [0.15, 0.2) is 12.2 Å². The van der Waals surface area contributed by atoms with Gasteiger partial charge < -0.3 is 0 Å². The van der Waals surface area contributed by atoms with Crippen LogP contribution >= 0.6 is 0 Å². The van der Waals surface area contributed by atoms with Gasteiger partial charge in [-0.3, -0.25) is 0 Å². The molecule has 1 unspecified atom stereocenters. The average Bonchev–Trinajstić information content (AvgIpc) is 2.45. The number of hydrogen-bond donors (Lipinski definition) is 0. The largest absolute Gasteiger partial charge is 0.0883 e. The van der Waals surface area contributed by atoms with E-state index in [1.165, 1.54) is 70.6 Å². The first-order chi connectivity index (χ1) is 9.81. The molecule has 118 valence electrons. The lowest BCUT2D eigenvalue weighted by molar-refractivity contribution is 0.524. The molecule has 0 amide bonds. The SMILES string of the molecule is [CH2]CCC=CC(C)CCCCCCCCCCCC[CH2]. The molecule has 0 aliphatic rings. The van der Waals surface area contributed by atoms with Gasteiger partial charge in [0.05, 0.1) is 0 Å². The van der Waals surface area contributed by atoms with Crippen molar-refractivity contribution in [1.82, 2.24) is 0 Å². The minimum absolute atomic E-state index is 0.759. The fourth-order valence-electron chi connectivity index (χ4n) is 2.60. The zero-order valence-corrected chi connectivity index (χ0v) is 14.0. The van der Waals surface area contributed by atoms with Crippen molar-refractivity contribution in [3.8, 4) is 0 Å². The Morgan fingerprint density at radius 2 is 1.20 bits per heavy atom. The molecule has 0 heteroatoms. The first kappa shape index (κ1) is 19.7. The Morgan fingerprint density at radius 3 is 1.70 bits per heavy atom. The number of hydrogen-bond acceptors (Lipinski definition) is 0. The van der Waals surface area contributed by atoms with Crippen LogP contribution in [0.1, 0.15) is 96.8 Å². The lowest BCUT2D eigenvalue weighted by Crippen LogP contribution is -1.90. The summed E-state index contributed by atoms with van der Waals surface area (Å²) in [7, 11) is 0. The molecule has 0 bridgehead atoms. The first-order valence-electron chi connectivity index (χ1n) is 9.06. The smallest absolute Gasteiger partial charge is 0.0262 e. The van der Waals surface area contributed by atoms with Crippen molar-refractivity contribution in [1.29, 1.82) is 0 Å². The Hall–Kier alpha value is -0.260. The van der Waals surface area contributed by atoms with E-state index in [1.807, 2.05) is 0 Å². The van der Waals surface area contributed by atoms with Gasteiger partial charge in [-0.15, -0.1) is 0 Å². The van der Waals surface area contributed by atoms with Gasteiger partial charge in [0.15, 0.2) is 0 Å². The molecule has 0 saturated carbocycles. The standard InChI is InChI=1S/C20H38/c1-4-6-8-9-10-11-12-13-14-15-17-19-20(3)18-16-7-5-2/h16,18,20H,1-2,4-15,17,19H2,3H3. The van der Waals surface area contributed by atoms with Crippen molar-refractivity contribution in [3.05, 3.63) is 26.0 Å². The fraction of sp³-hybridized carbons (Fsp3) is 0.800. The average molecular weight is 279 g/mol. The van der Waals surface area contributed by atoms with Crippen LogP contribution in [0, 0.1) is 19.8 Å². The van der Waals surface area contributed by atoms with Crippen molar-refractivity contribution in [2.24, 2.45) is 5.92 Å². The second kappa shape index (κ2) is 16.8. The van der Waals surface area contributed by atoms with Gasteiger partial charge >= 0.3 is 0 Å². The summed E-state index contributed by atoms with van der Waals surface area (Å²) < 4.78 is 0. The van der Waals surface area contributed by atoms with Crippen molar-refractivity contribution in [2.75, 3.05) is 0 Å². The molecule has 0 aliphatic heterocycles. The number of rotatable bonds is 15. The van der Waals surface area contributed by atoms with Crippen molar-refractivity contribution < 1.29 is 0 Å². The van der Waals surface area contributed by atoms with E-state index in [0.717, 1.165) is 25.2 Å². The monoisotopic (exact) mass is 278 g/mol. The summed E-state index contributed by atoms with van der Waals surface area (Å²) in [5, 5.41) is 0. The maximum absolute atomic E-state index is 3.89. The van der Waals surface area contributed by atoms with Gasteiger partial charge in [-0.1, -0.05) is 104 Å². The second-order valence-corrected chi connectivity index (χ2v) is 6.23. The summed E-state index contributed by atoms with van der Waals surface area (Å²) in [4.78, 5) is 0. The van der Waals surface area contributed by atoms with Gasteiger partial charge in [-0.05, 0) is 25.2 Å². The normalized spacial score (nSPS) is 13.2. The molecule has 0 heterocycles. The minimum Gasteiger partial charge on any atom is -0.0883 e. The summed E-state index contributed by atoms with van der Waals surface area (Å²) >= 11 is 0. The summed E-state index contributed by atoms with van der Waals surface area (Å²) in [5.74, 6) is 0.759. The van der Waals surface area contributed by atoms with Crippen LogP contribution in [-0.4, -0.2) is 0 Å². The van der Waals surface area contributed by atoms with Crippen LogP contribution in [0.3, 0.4) is 0 Å². The Bertz CT molecular complexity index is 192. The summed E-state index contributed by atoms with van der Waals surface area (Å²) in [6.45, 7) is 10.1. The van der Waals surface area contributed by atoms with Gasteiger partial charge in [-0.2, -0.15) is 0 Å². The fourth-order valence-corrected chi connectivity index (χ4v) is 2.60. The highest BCUT2D eigenvalue weighted by atomic mass is 14.0. The van der Waals surface area contributed by atoms with E-state index in [4.69, 9.17) is 0 Å². The third kappa shape index (κ3) is 15.8. The molecule has 0 fully saturated rings. The Labute approximate surface area is 129 Å². The van der Waals surface area contributed by atoms with Crippen molar-refractivity contribution >= 4 is 0 Å². The molecule has 0 rings (SSSR count). The molecule has 0 aromatic heterocycles.